The summed E-state index contributed by atoms with van der Waals surface area (Å²) < 4.78 is 11.7. The third-order valence-electron chi connectivity index (χ3n) is 6.62. The van der Waals surface area contributed by atoms with Crippen molar-refractivity contribution in [3.05, 3.63) is 133 Å². The Bertz CT molecular complexity index is 1440. The molecule has 40 heavy (non-hydrogen) atoms. The molecule has 204 valence electrons. The fraction of sp³-hybridized carbons (Fsp3) is 0.176. The van der Waals surface area contributed by atoms with Gasteiger partial charge in [-0.3, -0.25) is 0 Å². The molecule has 0 aromatic heterocycles. The summed E-state index contributed by atoms with van der Waals surface area (Å²) in [5, 5.41) is 0. The molecule has 0 radical (unpaired) electrons. The molecular formula is C34H34N2O2S2. The van der Waals surface area contributed by atoms with E-state index in [1.807, 2.05) is 25.2 Å². The van der Waals surface area contributed by atoms with Gasteiger partial charge < -0.3 is 19.3 Å². The first-order valence-electron chi connectivity index (χ1n) is 13.3. The van der Waals surface area contributed by atoms with Crippen LogP contribution < -0.4 is 9.80 Å². The molecular weight excluding hydrogens is 533 g/mol. The van der Waals surface area contributed by atoms with Crippen molar-refractivity contribution >= 4 is 34.9 Å². The van der Waals surface area contributed by atoms with Crippen molar-refractivity contribution in [3.8, 4) is 0 Å². The monoisotopic (exact) mass is 566 g/mol. The third-order valence-corrected chi connectivity index (χ3v) is 8.65. The molecule has 1 fully saturated rings. The molecule has 3 aromatic carbocycles. The minimum absolute atomic E-state index is 0.508. The van der Waals surface area contributed by atoms with Crippen molar-refractivity contribution in [3.63, 3.8) is 0 Å². The molecule has 2 aliphatic rings. The molecule has 0 spiro atoms. The Balaban J connectivity index is 1.14. The second kappa shape index (κ2) is 13.1. The van der Waals surface area contributed by atoms with Crippen molar-refractivity contribution in [2.45, 2.75) is 33.4 Å². The van der Waals surface area contributed by atoms with Gasteiger partial charge in [0.15, 0.2) is 13.5 Å². The van der Waals surface area contributed by atoms with Gasteiger partial charge in [-0.05, 0) is 104 Å². The lowest BCUT2D eigenvalue weighted by Gasteiger charge is -2.32. The zero-order valence-electron chi connectivity index (χ0n) is 23.0. The summed E-state index contributed by atoms with van der Waals surface area (Å²) in [6, 6.07) is 26.1. The minimum atomic E-state index is 0.508. The van der Waals surface area contributed by atoms with Crippen LogP contribution in [0.2, 0.25) is 0 Å². The van der Waals surface area contributed by atoms with Gasteiger partial charge in [0, 0.05) is 49.6 Å². The summed E-state index contributed by atoms with van der Waals surface area (Å²) in [5.41, 5.74) is 4.50. The maximum Gasteiger partial charge on any atom is 0.161 e. The maximum absolute atomic E-state index is 5.92. The van der Waals surface area contributed by atoms with Gasteiger partial charge in [0.1, 0.15) is 11.5 Å². The Morgan fingerprint density at radius 1 is 0.725 bits per heavy atom. The molecule has 0 unspecified atom stereocenters. The highest BCUT2D eigenvalue weighted by molar-refractivity contribution is 7.99. The van der Waals surface area contributed by atoms with E-state index in [0.29, 0.717) is 13.5 Å². The van der Waals surface area contributed by atoms with E-state index in [2.05, 4.69) is 103 Å². The number of ether oxygens (including phenoxy) is 2. The molecule has 0 atom stereocenters. The molecule has 4 nitrogen and oxygen atoms in total. The van der Waals surface area contributed by atoms with E-state index >= 15 is 0 Å². The van der Waals surface area contributed by atoms with E-state index in [0.717, 1.165) is 35.9 Å². The summed E-state index contributed by atoms with van der Waals surface area (Å²) in [5.74, 6) is 1.80. The molecule has 0 saturated carbocycles. The van der Waals surface area contributed by atoms with Crippen LogP contribution in [-0.4, -0.2) is 26.6 Å². The van der Waals surface area contributed by atoms with Crippen LogP contribution in [-0.2, 0) is 9.47 Å². The first-order chi connectivity index (χ1) is 19.5. The number of rotatable bonds is 8. The van der Waals surface area contributed by atoms with Crippen LogP contribution in [0.25, 0.3) is 0 Å². The number of benzene rings is 3. The first kappa shape index (κ1) is 27.8. The maximum atomic E-state index is 5.92. The van der Waals surface area contributed by atoms with E-state index in [4.69, 9.17) is 9.47 Å². The van der Waals surface area contributed by atoms with Crippen molar-refractivity contribution in [2.75, 3.05) is 36.4 Å². The fourth-order valence-electron chi connectivity index (χ4n) is 4.53. The number of hydrogen-bond donors (Lipinski definition) is 0. The van der Waals surface area contributed by atoms with Crippen molar-refractivity contribution in [1.29, 1.82) is 0 Å². The lowest BCUT2D eigenvalue weighted by Crippen LogP contribution is -2.33. The molecule has 0 N–H and O–H groups in total. The van der Waals surface area contributed by atoms with Gasteiger partial charge in [0.25, 0.3) is 0 Å². The smallest absolute Gasteiger partial charge is 0.161 e. The summed E-state index contributed by atoms with van der Waals surface area (Å²) in [4.78, 5) is 9.29. The molecule has 5 rings (SSSR count). The van der Waals surface area contributed by atoms with Crippen LogP contribution in [0.15, 0.2) is 153 Å². The summed E-state index contributed by atoms with van der Waals surface area (Å²) in [6.45, 7) is 14.7. The fourth-order valence-corrected chi connectivity index (χ4v) is 6.16. The highest BCUT2D eigenvalue weighted by Gasteiger charge is 2.18. The number of hydrogen-bond acceptors (Lipinski definition) is 6. The zero-order chi connectivity index (χ0) is 27.9. The second-order valence-corrected chi connectivity index (χ2v) is 11.9. The summed E-state index contributed by atoms with van der Waals surface area (Å²) in [7, 11) is 0. The quantitative estimate of drug-likeness (QED) is 0.270. The van der Waals surface area contributed by atoms with E-state index < -0.39 is 0 Å². The summed E-state index contributed by atoms with van der Waals surface area (Å²) >= 11 is 3.54. The third kappa shape index (κ3) is 6.87. The van der Waals surface area contributed by atoms with Gasteiger partial charge in [-0.1, -0.05) is 48.8 Å². The lowest BCUT2D eigenvalue weighted by molar-refractivity contribution is 0.202. The van der Waals surface area contributed by atoms with Crippen molar-refractivity contribution in [1.82, 2.24) is 0 Å². The Kier molecular flexibility index (Phi) is 9.09. The number of allylic oxidation sites excluding steroid dienone is 4. The highest BCUT2D eigenvalue weighted by atomic mass is 32.2. The van der Waals surface area contributed by atoms with Crippen LogP contribution in [0.5, 0.6) is 0 Å². The van der Waals surface area contributed by atoms with E-state index in [1.54, 1.807) is 29.6 Å². The minimum Gasteiger partial charge on any atom is -0.473 e. The van der Waals surface area contributed by atoms with Crippen molar-refractivity contribution in [2.24, 2.45) is 0 Å². The van der Waals surface area contributed by atoms with Crippen LogP contribution in [0.4, 0.5) is 11.4 Å². The highest BCUT2D eigenvalue weighted by Crippen LogP contribution is 2.34. The Labute approximate surface area is 246 Å². The van der Waals surface area contributed by atoms with E-state index in [1.165, 1.54) is 30.8 Å². The van der Waals surface area contributed by atoms with Gasteiger partial charge in [0.2, 0.25) is 0 Å². The van der Waals surface area contributed by atoms with Crippen LogP contribution >= 0.6 is 23.5 Å². The molecule has 0 bridgehead atoms. The van der Waals surface area contributed by atoms with Crippen LogP contribution in [0, 0.1) is 0 Å². The lowest BCUT2D eigenvalue weighted by atomic mass is 10.2. The summed E-state index contributed by atoms with van der Waals surface area (Å²) in [6.07, 6.45) is 7.65. The van der Waals surface area contributed by atoms with Gasteiger partial charge >= 0.3 is 0 Å². The average molecular weight is 567 g/mol. The van der Waals surface area contributed by atoms with Gasteiger partial charge in [0.05, 0.1) is 0 Å². The van der Waals surface area contributed by atoms with Crippen LogP contribution in [0.1, 0.15) is 13.8 Å². The predicted octanol–water partition coefficient (Wildman–Crippen LogP) is 9.05. The zero-order valence-corrected chi connectivity index (χ0v) is 24.6. The first-order valence-corrected chi connectivity index (χ1v) is 14.9. The molecule has 6 heteroatoms. The standard InChI is InChI=1S/C34H34N2O2S2/c1-5-7-33-25(3)21-35(23-37-33)27-9-13-29(14-10-27)39-31-17-19-32(20-18-31)40-30-15-11-28(12-16-30)36-22-26(4)34(8-6-2)38-24-36/h5-20H,1,3,21-24H2,2,4H3/b8-6-,33-7+. The van der Waals surface area contributed by atoms with Gasteiger partial charge in [-0.2, -0.15) is 0 Å². The number of anilines is 2. The van der Waals surface area contributed by atoms with E-state index in [9.17, 15) is 0 Å². The molecule has 2 heterocycles. The molecule has 3 aromatic rings. The SMILES string of the molecule is C=C/C=C1/OCN(c2ccc(Sc3ccc(Sc4ccc(N5COC(/C=C\C)=C(C)C5)cc4)cc3)cc2)CC1=C. The Hall–Kier alpha value is -3.74. The number of nitrogens with zero attached hydrogens (tertiary/aromatic N) is 2. The van der Waals surface area contributed by atoms with Gasteiger partial charge in [-0.25, -0.2) is 0 Å². The predicted molar refractivity (Wildman–Crippen MR) is 169 cm³/mol. The molecule has 0 amide bonds. The Morgan fingerprint density at radius 2 is 1.20 bits per heavy atom. The molecule has 1 saturated heterocycles. The van der Waals surface area contributed by atoms with Crippen molar-refractivity contribution < 1.29 is 9.47 Å². The largest absolute Gasteiger partial charge is 0.473 e. The van der Waals surface area contributed by atoms with E-state index in [-0.39, 0.29) is 0 Å². The Morgan fingerprint density at radius 3 is 1.65 bits per heavy atom. The molecule has 2 aliphatic heterocycles. The normalized spacial score (nSPS) is 16.9. The van der Waals surface area contributed by atoms with Crippen LogP contribution in [0.3, 0.4) is 0 Å². The average Bonchev–Trinajstić information content (AvgIpc) is 2.97. The second-order valence-electron chi connectivity index (χ2n) is 9.62. The van der Waals surface area contributed by atoms with Gasteiger partial charge in [-0.15, -0.1) is 0 Å². The topological polar surface area (TPSA) is 24.9 Å². The molecule has 0 aliphatic carbocycles.